The number of halogens is 1. The largest absolute Gasteiger partial charge is 0.465 e. The zero-order valence-corrected chi connectivity index (χ0v) is 20.3. The molecule has 0 spiro atoms. The van der Waals surface area contributed by atoms with Gasteiger partial charge in [0.2, 0.25) is 5.91 Å². The molecule has 4 rings (SSSR count). The van der Waals surface area contributed by atoms with Crippen LogP contribution < -0.4 is 10.6 Å². The number of fused-ring (bicyclic) bond motifs is 1. The molecule has 0 saturated heterocycles. The van der Waals surface area contributed by atoms with Crippen molar-refractivity contribution in [3.05, 3.63) is 71.0 Å². The smallest absolute Gasteiger partial charge is 0.404 e. The van der Waals surface area contributed by atoms with Gasteiger partial charge in [0.25, 0.3) is 0 Å². The summed E-state index contributed by atoms with van der Waals surface area (Å²) in [5, 5.41) is 20.3. The molecule has 1 aromatic heterocycles. The monoisotopic (exact) mass is 480 g/mol. The van der Waals surface area contributed by atoms with E-state index in [9.17, 15) is 14.7 Å². The lowest BCUT2D eigenvalue weighted by Crippen LogP contribution is -2.40. The van der Waals surface area contributed by atoms with E-state index in [-0.39, 0.29) is 23.4 Å². The minimum Gasteiger partial charge on any atom is -0.465 e. The van der Waals surface area contributed by atoms with Gasteiger partial charge in [-0.25, -0.2) is 4.79 Å². The van der Waals surface area contributed by atoms with E-state index in [4.69, 9.17) is 11.6 Å². The Bertz CT molecular complexity index is 1200. The molecule has 0 radical (unpaired) electrons. The van der Waals surface area contributed by atoms with Crippen LogP contribution in [-0.2, 0) is 17.6 Å². The summed E-state index contributed by atoms with van der Waals surface area (Å²) in [6, 6.07) is 13.0. The maximum Gasteiger partial charge on any atom is 0.404 e. The Morgan fingerprint density at radius 3 is 2.62 bits per heavy atom. The molecule has 3 aromatic rings. The Kier molecular flexibility index (Phi) is 6.66. The number of anilines is 1. The molecule has 2 heterocycles. The van der Waals surface area contributed by atoms with E-state index in [1.54, 1.807) is 0 Å². The minimum absolute atomic E-state index is 0.00769. The first-order chi connectivity index (χ1) is 16.1. The van der Waals surface area contributed by atoms with Crippen LogP contribution in [0.15, 0.2) is 54.9 Å². The van der Waals surface area contributed by atoms with E-state index in [1.807, 2.05) is 59.5 Å². The highest BCUT2D eigenvalue weighted by Crippen LogP contribution is 2.36. The van der Waals surface area contributed by atoms with E-state index in [1.165, 1.54) is 0 Å². The van der Waals surface area contributed by atoms with Gasteiger partial charge >= 0.3 is 6.09 Å². The number of aromatic nitrogens is 2. The lowest BCUT2D eigenvalue weighted by molar-refractivity contribution is -0.115. The van der Waals surface area contributed by atoms with Crippen molar-refractivity contribution < 1.29 is 14.7 Å². The van der Waals surface area contributed by atoms with Crippen molar-refractivity contribution in [3.63, 3.8) is 0 Å². The SMILES string of the molecule is CC(C)(C)[C@H](CC(Cc1ccc(Cl)cc1)NC(=O)O)n1cc(-c2ccc3c(c2)CC(=O)N3)cn1. The fourth-order valence-corrected chi connectivity index (χ4v) is 4.59. The molecule has 2 aromatic carbocycles. The number of carbonyl (C=O) groups is 2. The molecule has 178 valence electrons. The summed E-state index contributed by atoms with van der Waals surface area (Å²) in [7, 11) is 0. The fraction of sp³-hybridized carbons (Fsp3) is 0.346. The van der Waals surface area contributed by atoms with Crippen LogP contribution in [-0.4, -0.2) is 32.9 Å². The van der Waals surface area contributed by atoms with Crippen LogP contribution in [0.1, 0.15) is 44.4 Å². The van der Waals surface area contributed by atoms with Gasteiger partial charge in [0.05, 0.1) is 18.7 Å². The standard InChI is InChI=1S/C26H29ClN4O3/c1-26(2,3)23(13-21(29-25(33)34)10-16-4-7-20(27)8-5-16)31-15-19(14-28-31)17-6-9-22-18(11-17)12-24(32)30-22/h4-9,11,14-15,21,23,29H,10,12-13H2,1-3H3,(H,30,32)(H,33,34)/t21?,23-/m0/s1. The van der Waals surface area contributed by atoms with Crippen LogP contribution in [0.5, 0.6) is 0 Å². The lowest BCUT2D eigenvalue weighted by atomic mass is 9.82. The highest BCUT2D eigenvalue weighted by molar-refractivity contribution is 6.30. The molecule has 0 aliphatic carbocycles. The van der Waals surface area contributed by atoms with Gasteiger partial charge in [-0.3, -0.25) is 9.48 Å². The van der Waals surface area contributed by atoms with Gasteiger partial charge in [-0.1, -0.05) is 50.6 Å². The van der Waals surface area contributed by atoms with Gasteiger partial charge in [-0.2, -0.15) is 5.10 Å². The summed E-state index contributed by atoms with van der Waals surface area (Å²) in [6.45, 7) is 6.39. The number of benzene rings is 2. The number of carbonyl (C=O) groups excluding carboxylic acids is 1. The number of rotatable bonds is 7. The zero-order chi connectivity index (χ0) is 24.5. The third kappa shape index (κ3) is 5.59. The third-order valence-corrected chi connectivity index (χ3v) is 6.47. The first-order valence-electron chi connectivity index (χ1n) is 11.3. The van der Waals surface area contributed by atoms with Crippen molar-refractivity contribution in [2.75, 3.05) is 5.32 Å². The van der Waals surface area contributed by atoms with Crippen LogP contribution in [0.2, 0.25) is 5.02 Å². The number of amides is 2. The van der Waals surface area contributed by atoms with Gasteiger partial charge in [-0.15, -0.1) is 0 Å². The van der Waals surface area contributed by atoms with Crippen LogP contribution in [0.3, 0.4) is 0 Å². The summed E-state index contributed by atoms with van der Waals surface area (Å²) >= 11 is 6.01. The highest BCUT2D eigenvalue weighted by atomic mass is 35.5. The van der Waals surface area contributed by atoms with Gasteiger partial charge in [0, 0.05) is 28.5 Å². The molecule has 7 nitrogen and oxygen atoms in total. The molecule has 34 heavy (non-hydrogen) atoms. The average molecular weight is 481 g/mol. The molecule has 0 bridgehead atoms. The van der Waals surface area contributed by atoms with E-state index >= 15 is 0 Å². The molecule has 2 atom stereocenters. The summed E-state index contributed by atoms with van der Waals surface area (Å²) in [4.78, 5) is 23.2. The quantitative estimate of drug-likeness (QED) is 0.412. The molecular weight excluding hydrogens is 452 g/mol. The van der Waals surface area contributed by atoms with Crippen LogP contribution in [0, 0.1) is 5.41 Å². The second kappa shape index (κ2) is 9.50. The predicted octanol–water partition coefficient (Wildman–Crippen LogP) is 5.55. The Labute approximate surface area is 204 Å². The van der Waals surface area contributed by atoms with Crippen molar-refractivity contribution >= 4 is 29.3 Å². The van der Waals surface area contributed by atoms with Crippen LogP contribution in [0.25, 0.3) is 11.1 Å². The predicted molar refractivity (Wildman–Crippen MR) is 133 cm³/mol. The van der Waals surface area contributed by atoms with Crippen molar-refractivity contribution in [1.29, 1.82) is 0 Å². The van der Waals surface area contributed by atoms with Crippen molar-refractivity contribution in [1.82, 2.24) is 15.1 Å². The first kappa shape index (κ1) is 23.8. The van der Waals surface area contributed by atoms with Gasteiger partial charge in [0.15, 0.2) is 0 Å². The summed E-state index contributed by atoms with van der Waals surface area (Å²) in [5.41, 5.74) is 4.64. The molecule has 0 fully saturated rings. The number of hydrogen-bond donors (Lipinski definition) is 3. The van der Waals surface area contributed by atoms with Crippen molar-refractivity contribution in [2.24, 2.45) is 5.41 Å². The normalized spacial score (nSPS) is 14.9. The zero-order valence-electron chi connectivity index (χ0n) is 19.5. The topological polar surface area (TPSA) is 96.2 Å². The van der Waals surface area contributed by atoms with E-state index in [0.717, 1.165) is 27.9 Å². The van der Waals surface area contributed by atoms with Gasteiger partial charge < -0.3 is 15.7 Å². The number of nitrogens with zero attached hydrogens (tertiary/aromatic N) is 2. The molecule has 3 N–H and O–H groups in total. The van der Waals surface area contributed by atoms with Gasteiger partial charge in [-0.05, 0) is 59.2 Å². The molecule has 8 heteroatoms. The molecule has 1 aliphatic rings. The van der Waals surface area contributed by atoms with Crippen molar-refractivity contribution in [2.45, 2.75) is 52.1 Å². The first-order valence-corrected chi connectivity index (χ1v) is 11.7. The van der Waals surface area contributed by atoms with Crippen LogP contribution in [0.4, 0.5) is 10.5 Å². The Balaban J connectivity index is 1.58. The van der Waals surface area contributed by atoms with Crippen molar-refractivity contribution in [3.8, 4) is 11.1 Å². The second-order valence-corrected chi connectivity index (χ2v) is 10.3. The Morgan fingerprint density at radius 2 is 1.94 bits per heavy atom. The number of carboxylic acid groups (broad SMARTS) is 1. The van der Waals surface area contributed by atoms with E-state index < -0.39 is 6.09 Å². The second-order valence-electron chi connectivity index (χ2n) is 9.90. The molecule has 1 unspecified atom stereocenters. The van der Waals surface area contributed by atoms with E-state index in [0.29, 0.717) is 24.3 Å². The van der Waals surface area contributed by atoms with E-state index in [2.05, 4.69) is 36.5 Å². The van der Waals surface area contributed by atoms with Gasteiger partial charge in [0.1, 0.15) is 0 Å². The molecular formula is C26H29ClN4O3. The minimum atomic E-state index is -1.05. The Morgan fingerprint density at radius 1 is 1.21 bits per heavy atom. The summed E-state index contributed by atoms with van der Waals surface area (Å²) in [6.07, 6.45) is 4.28. The third-order valence-electron chi connectivity index (χ3n) is 6.21. The average Bonchev–Trinajstić information content (AvgIpc) is 3.37. The fourth-order valence-electron chi connectivity index (χ4n) is 4.47. The summed E-state index contributed by atoms with van der Waals surface area (Å²) in [5.74, 6) is 0.00769. The van der Waals surface area contributed by atoms with Crippen LogP contribution >= 0.6 is 11.6 Å². The molecule has 1 aliphatic heterocycles. The molecule has 0 saturated carbocycles. The number of hydrogen-bond acceptors (Lipinski definition) is 3. The highest BCUT2D eigenvalue weighted by Gasteiger charge is 2.31. The Hall–Kier alpha value is -3.32. The lowest BCUT2D eigenvalue weighted by Gasteiger charge is -2.34. The summed E-state index contributed by atoms with van der Waals surface area (Å²) < 4.78 is 1.93. The maximum absolute atomic E-state index is 11.7. The maximum atomic E-state index is 11.7. The molecule has 2 amide bonds. The number of nitrogens with one attached hydrogen (secondary N) is 2.